The Labute approximate surface area is 113 Å². The molecule has 19 heavy (non-hydrogen) atoms. The summed E-state index contributed by atoms with van der Waals surface area (Å²) in [7, 11) is 0. The average Bonchev–Trinajstić information content (AvgIpc) is 2.46. The largest absolute Gasteiger partial charge is 0.350 e. The molecule has 98 valence electrons. The van der Waals surface area contributed by atoms with E-state index in [1.165, 1.54) is 25.3 Å². The molecule has 0 radical (unpaired) electrons. The van der Waals surface area contributed by atoms with Crippen molar-refractivity contribution in [1.82, 2.24) is 5.32 Å². The Morgan fingerprint density at radius 3 is 2.74 bits per heavy atom. The summed E-state index contributed by atoms with van der Waals surface area (Å²) in [5, 5.41) is 12.0. The Bertz CT molecular complexity index is 508. The zero-order valence-corrected chi connectivity index (χ0v) is 10.9. The van der Waals surface area contributed by atoms with Gasteiger partial charge in [0, 0.05) is 12.1 Å². The Balaban J connectivity index is 1.94. The summed E-state index contributed by atoms with van der Waals surface area (Å²) in [5.74, 6) is -0.0698. The lowest BCUT2D eigenvalue weighted by Crippen LogP contribution is -2.34. The number of nitrogens with zero attached hydrogens (tertiary/aromatic N) is 1. The van der Waals surface area contributed by atoms with Crippen molar-refractivity contribution in [2.75, 3.05) is 0 Å². The van der Waals surface area contributed by atoms with Gasteiger partial charge in [0.05, 0.1) is 11.6 Å². The van der Waals surface area contributed by atoms with Crippen LogP contribution in [0.1, 0.15) is 43.2 Å². The lowest BCUT2D eigenvalue weighted by molar-refractivity contribution is -0.117. The van der Waals surface area contributed by atoms with Crippen LogP contribution in [-0.4, -0.2) is 11.9 Å². The van der Waals surface area contributed by atoms with Gasteiger partial charge in [-0.2, -0.15) is 5.26 Å². The predicted octanol–water partition coefficient (Wildman–Crippen LogP) is 3.02. The minimum atomic E-state index is -0.0698. The van der Waals surface area contributed by atoms with Crippen LogP contribution in [0.15, 0.2) is 30.3 Å². The SMILES string of the molecule is N#Cc1ccccc1/C=C/C(=O)NC1CCCCC1. The first-order chi connectivity index (χ1) is 9.29. The van der Waals surface area contributed by atoms with Crippen molar-refractivity contribution in [2.24, 2.45) is 0 Å². The van der Waals surface area contributed by atoms with Crippen LogP contribution in [0.25, 0.3) is 6.08 Å². The standard InChI is InChI=1S/C16H18N2O/c17-12-14-7-5-4-6-13(14)10-11-16(19)18-15-8-2-1-3-9-15/h4-7,10-11,15H,1-3,8-9H2,(H,18,19)/b11-10+. The van der Waals surface area contributed by atoms with E-state index in [1.807, 2.05) is 18.2 Å². The molecular weight excluding hydrogens is 236 g/mol. The van der Waals surface area contributed by atoms with Gasteiger partial charge in [0.1, 0.15) is 0 Å². The van der Waals surface area contributed by atoms with Gasteiger partial charge in [0.15, 0.2) is 0 Å². The van der Waals surface area contributed by atoms with Crippen LogP contribution < -0.4 is 5.32 Å². The smallest absolute Gasteiger partial charge is 0.244 e. The second kappa shape index (κ2) is 6.75. The molecule has 0 saturated heterocycles. The van der Waals surface area contributed by atoms with Crippen molar-refractivity contribution in [3.05, 3.63) is 41.5 Å². The Hall–Kier alpha value is -2.08. The number of rotatable bonds is 3. The molecule has 1 aliphatic rings. The number of amides is 1. The number of benzene rings is 1. The van der Waals surface area contributed by atoms with Crippen LogP contribution in [0.4, 0.5) is 0 Å². The molecule has 1 N–H and O–H groups in total. The fourth-order valence-electron chi connectivity index (χ4n) is 2.41. The monoisotopic (exact) mass is 254 g/mol. The van der Waals surface area contributed by atoms with Crippen LogP contribution >= 0.6 is 0 Å². The molecule has 0 spiro atoms. The van der Waals surface area contributed by atoms with E-state index in [1.54, 1.807) is 12.1 Å². The van der Waals surface area contributed by atoms with Crippen molar-refractivity contribution < 1.29 is 4.79 Å². The zero-order valence-electron chi connectivity index (χ0n) is 10.9. The van der Waals surface area contributed by atoms with Crippen LogP contribution in [-0.2, 0) is 4.79 Å². The quantitative estimate of drug-likeness (QED) is 0.843. The third-order valence-corrected chi connectivity index (χ3v) is 3.45. The van der Waals surface area contributed by atoms with Gasteiger partial charge in [-0.1, -0.05) is 37.5 Å². The van der Waals surface area contributed by atoms with Crippen LogP contribution in [0, 0.1) is 11.3 Å². The molecule has 1 aromatic carbocycles. The number of hydrogen-bond donors (Lipinski definition) is 1. The summed E-state index contributed by atoms with van der Waals surface area (Å²) in [6, 6.07) is 9.70. The second-order valence-electron chi connectivity index (χ2n) is 4.88. The summed E-state index contributed by atoms with van der Waals surface area (Å²) >= 11 is 0. The summed E-state index contributed by atoms with van der Waals surface area (Å²) in [5.41, 5.74) is 1.37. The molecule has 0 heterocycles. The predicted molar refractivity (Wildman–Crippen MR) is 75.2 cm³/mol. The van der Waals surface area contributed by atoms with Gasteiger partial charge in [0.25, 0.3) is 0 Å². The molecule has 0 bridgehead atoms. The minimum absolute atomic E-state index is 0.0698. The van der Waals surface area contributed by atoms with Crippen molar-refractivity contribution >= 4 is 12.0 Å². The lowest BCUT2D eigenvalue weighted by Gasteiger charge is -2.21. The topological polar surface area (TPSA) is 52.9 Å². The third-order valence-electron chi connectivity index (χ3n) is 3.45. The highest BCUT2D eigenvalue weighted by atomic mass is 16.1. The minimum Gasteiger partial charge on any atom is -0.350 e. The maximum absolute atomic E-state index is 11.8. The molecule has 1 aliphatic carbocycles. The van der Waals surface area contributed by atoms with Crippen molar-refractivity contribution in [2.45, 2.75) is 38.1 Å². The molecule has 1 fully saturated rings. The zero-order chi connectivity index (χ0) is 13.5. The normalized spacial score (nSPS) is 16.2. The fraction of sp³-hybridized carbons (Fsp3) is 0.375. The maximum Gasteiger partial charge on any atom is 0.244 e. The molecule has 1 saturated carbocycles. The Morgan fingerprint density at radius 1 is 1.26 bits per heavy atom. The summed E-state index contributed by atoms with van der Waals surface area (Å²) < 4.78 is 0. The summed E-state index contributed by atoms with van der Waals surface area (Å²) in [4.78, 5) is 11.8. The molecule has 0 atom stereocenters. The van der Waals surface area contributed by atoms with Gasteiger partial charge in [-0.3, -0.25) is 4.79 Å². The first-order valence-corrected chi connectivity index (χ1v) is 6.77. The second-order valence-corrected chi connectivity index (χ2v) is 4.88. The Kier molecular flexibility index (Phi) is 4.74. The van der Waals surface area contributed by atoms with Gasteiger partial charge in [0.2, 0.25) is 5.91 Å². The van der Waals surface area contributed by atoms with Crippen molar-refractivity contribution in [1.29, 1.82) is 5.26 Å². The summed E-state index contributed by atoms with van der Waals surface area (Å²) in [6.45, 7) is 0. The number of carbonyl (C=O) groups excluding carboxylic acids is 1. The number of hydrogen-bond acceptors (Lipinski definition) is 2. The van der Waals surface area contributed by atoms with E-state index >= 15 is 0 Å². The molecule has 0 unspecified atom stereocenters. The number of carbonyl (C=O) groups is 1. The van der Waals surface area contributed by atoms with Gasteiger partial charge >= 0.3 is 0 Å². The van der Waals surface area contributed by atoms with Crippen molar-refractivity contribution in [3.63, 3.8) is 0 Å². The molecule has 3 heteroatoms. The number of nitrogens with one attached hydrogen (secondary N) is 1. The molecule has 0 aromatic heterocycles. The van der Waals surface area contributed by atoms with Gasteiger partial charge < -0.3 is 5.32 Å². The Morgan fingerprint density at radius 2 is 2.00 bits per heavy atom. The lowest BCUT2D eigenvalue weighted by atomic mass is 9.95. The molecule has 0 aliphatic heterocycles. The highest BCUT2D eigenvalue weighted by Gasteiger charge is 2.14. The molecule has 1 aromatic rings. The van der Waals surface area contributed by atoms with E-state index in [9.17, 15) is 4.79 Å². The highest BCUT2D eigenvalue weighted by molar-refractivity contribution is 5.92. The molecule has 3 nitrogen and oxygen atoms in total. The maximum atomic E-state index is 11.8. The van der Waals surface area contributed by atoms with E-state index < -0.39 is 0 Å². The number of nitriles is 1. The first kappa shape index (κ1) is 13.4. The third kappa shape index (κ3) is 3.96. The van der Waals surface area contributed by atoms with Crippen molar-refractivity contribution in [3.8, 4) is 6.07 Å². The van der Waals surface area contributed by atoms with E-state index in [-0.39, 0.29) is 5.91 Å². The van der Waals surface area contributed by atoms with Crippen LogP contribution in [0.2, 0.25) is 0 Å². The van der Waals surface area contributed by atoms with E-state index in [0.717, 1.165) is 18.4 Å². The van der Waals surface area contributed by atoms with Crippen LogP contribution in [0.3, 0.4) is 0 Å². The van der Waals surface area contributed by atoms with Gasteiger partial charge in [-0.05, 0) is 30.5 Å². The van der Waals surface area contributed by atoms with E-state index in [0.29, 0.717) is 11.6 Å². The van der Waals surface area contributed by atoms with Gasteiger partial charge in [-0.25, -0.2) is 0 Å². The fourth-order valence-corrected chi connectivity index (χ4v) is 2.41. The van der Waals surface area contributed by atoms with E-state index in [2.05, 4.69) is 11.4 Å². The molecule has 1 amide bonds. The first-order valence-electron chi connectivity index (χ1n) is 6.77. The average molecular weight is 254 g/mol. The van der Waals surface area contributed by atoms with E-state index in [4.69, 9.17) is 5.26 Å². The van der Waals surface area contributed by atoms with Gasteiger partial charge in [-0.15, -0.1) is 0 Å². The molecule has 2 rings (SSSR count). The molecular formula is C16H18N2O. The highest BCUT2D eigenvalue weighted by Crippen LogP contribution is 2.17. The van der Waals surface area contributed by atoms with Crippen LogP contribution in [0.5, 0.6) is 0 Å². The summed E-state index contributed by atoms with van der Waals surface area (Å²) in [6.07, 6.45) is 9.06.